The van der Waals surface area contributed by atoms with Crippen molar-refractivity contribution in [1.82, 2.24) is 9.78 Å². The molecule has 0 radical (unpaired) electrons. The van der Waals surface area contributed by atoms with E-state index in [9.17, 15) is 4.79 Å². The number of fused-ring (bicyclic) bond motifs is 3. The zero-order valence-electron chi connectivity index (χ0n) is 9.93. The number of ketones is 1. The predicted octanol–water partition coefficient (Wildman–Crippen LogP) is 2.63. The van der Waals surface area contributed by atoms with Crippen LogP contribution in [-0.2, 0) is 13.0 Å². The lowest BCUT2D eigenvalue weighted by atomic mass is 10.1. The van der Waals surface area contributed by atoms with Gasteiger partial charge in [-0.25, -0.2) is 0 Å². The van der Waals surface area contributed by atoms with Crippen LogP contribution in [0.3, 0.4) is 0 Å². The third kappa shape index (κ3) is 1.57. The van der Waals surface area contributed by atoms with Crippen LogP contribution in [0, 0.1) is 11.3 Å². The van der Waals surface area contributed by atoms with Gasteiger partial charge in [-0.3, -0.25) is 9.48 Å². The lowest BCUT2D eigenvalue weighted by Crippen LogP contribution is -2.00. The summed E-state index contributed by atoms with van der Waals surface area (Å²) in [7, 11) is 0. The normalized spacial score (nSPS) is 13.3. The van der Waals surface area contributed by atoms with Crippen LogP contribution in [0.25, 0.3) is 11.3 Å². The summed E-state index contributed by atoms with van der Waals surface area (Å²) < 4.78 is 1.88. The Balaban J connectivity index is 2.26. The van der Waals surface area contributed by atoms with E-state index in [0.717, 1.165) is 35.5 Å². The first kappa shape index (κ1) is 11.2. The summed E-state index contributed by atoms with van der Waals surface area (Å²) in [4.78, 5) is 13.4. The van der Waals surface area contributed by atoms with Crippen LogP contribution in [0.2, 0.25) is 0 Å². The molecule has 1 aliphatic rings. The van der Waals surface area contributed by atoms with Gasteiger partial charge in [-0.1, -0.05) is 0 Å². The van der Waals surface area contributed by atoms with Crippen molar-refractivity contribution in [2.45, 2.75) is 26.3 Å². The highest BCUT2D eigenvalue weighted by atomic mass is 32.1. The van der Waals surface area contributed by atoms with Gasteiger partial charge in [0.15, 0.2) is 5.78 Å². The van der Waals surface area contributed by atoms with Crippen molar-refractivity contribution in [1.29, 1.82) is 5.26 Å². The maximum absolute atomic E-state index is 11.5. The van der Waals surface area contributed by atoms with Crippen LogP contribution in [0.1, 0.15) is 33.5 Å². The van der Waals surface area contributed by atoms with Crippen LogP contribution in [0.4, 0.5) is 0 Å². The number of Topliss-reactive ketones (excluding diaryl/α,β-unsaturated/α-hetero) is 1. The molecule has 2 aromatic heterocycles. The third-order valence-electron chi connectivity index (χ3n) is 3.14. The first-order valence-corrected chi connectivity index (χ1v) is 6.62. The summed E-state index contributed by atoms with van der Waals surface area (Å²) in [6, 6.07) is 4.08. The number of thiophene rings is 1. The molecule has 2 aromatic rings. The van der Waals surface area contributed by atoms with Gasteiger partial charge in [-0.15, -0.1) is 11.3 Å². The first-order chi connectivity index (χ1) is 8.70. The summed E-state index contributed by atoms with van der Waals surface area (Å²) in [5.41, 5.74) is 2.47. The molecule has 0 fully saturated rings. The Bertz CT molecular complexity index is 675. The number of nitrogens with zero attached hydrogens (tertiary/aromatic N) is 3. The largest absolute Gasteiger partial charge is 0.294 e. The van der Waals surface area contributed by atoms with Gasteiger partial charge in [0, 0.05) is 17.0 Å². The van der Waals surface area contributed by atoms with Gasteiger partial charge in [0.05, 0.1) is 22.3 Å². The van der Waals surface area contributed by atoms with Gasteiger partial charge in [0.2, 0.25) is 0 Å². The van der Waals surface area contributed by atoms with Gasteiger partial charge < -0.3 is 0 Å². The van der Waals surface area contributed by atoms with E-state index >= 15 is 0 Å². The van der Waals surface area contributed by atoms with Crippen LogP contribution in [0.15, 0.2) is 12.3 Å². The van der Waals surface area contributed by atoms with Gasteiger partial charge in [0.1, 0.15) is 6.07 Å². The number of aryl methyl sites for hydroxylation is 2. The Morgan fingerprint density at radius 3 is 3.17 bits per heavy atom. The Hall–Kier alpha value is -1.93. The summed E-state index contributed by atoms with van der Waals surface area (Å²) in [6.45, 7) is 2.40. The SMILES string of the molecule is CC(=O)c1cc2c(s1)CCCn1ncc(C#N)c1-2. The Morgan fingerprint density at radius 2 is 2.44 bits per heavy atom. The minimum absolute atomic E-state index is 0.0812. The van der Waals surface area contributed by atoms with E-state index < -0.39 is 0 Å². The van der Waals surface area contributed by atoms with Crippen LogP contribution >= 0.6 is 11.3 Å². The average Bonchev–Trinajstić information content (AvgIpc) is 2.90. The predicted molar refractivity (Wildman–Crippen MR) is 68.6 cm³/mol. The zero-order chi connectivity index (χ0) is 12.7. The van der Waals surface area contributed by atoms with E-state index in [4.69, 9.17) is 5.26 Å². The van der Waals surface area contributed by atoms with E-state index in [1.807, 2.05) is 10.7 Å². The number of carbonyl (C=O) groups is 1. The van der Waals surface area contributed by atoms with Crippen molar-refractivity contribution in [2.24, 2.45) is 0 Å². The highest BCUT2D eigenvalue weighted by Gasteiger charge is 2.22. The molecule has 3 rings (SSSR count). The van der Waals surface area contributed by atoms with Crippen molar-refractivity contribution < 1.29 is 4.79 Å². The third-order valence-corrected chi connectivity index (χ3v) is 4.44. The average molecular weight is 257 g/mol. The van der Waals surface area contributed by atoms with Gasteiger partial charge >= 0.3 is 0 Å². The fourth-order valence-electron chi connectivity index (χ4n) is 2.30. The second-order valence-electron chi connectivity index (χ2n) is 4.35. The highest BCUT2D eigenvalue weighted by Crippen LogP contribution is 2.36. The Labute approximate surface area is 108 Å². The van der Waals surface area contributed by atoms with Crippen molar-refractivity contribution in [2.75, 3.05) is 0 Å². The Morgan fingerprint density at radius 1 is 1.61 bits per heavy atom. The number of carbonyl (C=O) groups excluding carboxylic acids is 1. The number of rotatable bonds is 1. The molecule has 0 spiro atoms. The fraction of sp³-hybridized carbons (Fsp3) is 0.308. The zero-order valence-corrected chi connectivity index (χ0v) is 10.8. The molecule has 0 N–H and O–H groups in total. The molecule has 0 bridgehead atoms. The summed E-state index contributed by atoms with van der Waals surface area (Å²) in [5.74, 6) is 0.0812. The van der Waals surface area contributed by atoms with E-state index in [1.54, 1.807) is 24.5 Å². The molecule has 0 unspecified atom stereocenters. The monoisotopic (exact) mass is 257 g/mol. The van der Waals surface area contributed by atoms with Crippen molar-refractivity contribution in [3.63, 3.8) is 0 Å². The molecule has 0 atom stereocenters. The van der Waals surface area contributed by atoms with Gasteiger partial charge in [-0.2, -0.15) is 10.4 Å². The summed E-state index contributed by atoms with van der Waals surface area (Å²) >= 11 is 1.54. The molecule has 0 aromatic carbocycles. The van der Waals surface area contributed by atoms with Crippen LogP contribution in [0.5, 0.6) is 0 Å². The van der Waals surface area contributed by atoms with E-state index in [1.165, 1.54) is 4.88 Å². The van der Waals surface area contributed by atoms with Crippen molar-refractivity contribution in [3.8, 4) is 17.3 Å². The minimum atomic E-state index is 0.0812. The standard InChI is InChI=1S/C13H11N3OS/c1-8(17)12-5-10-11(18-12)3-2-4-16-13(10)9(6-14)7-15-16/h5,7H,2-4H2,1H3. The van der Waals surface area contributed by atoms with Gasteiger partial charge in [0.25, 0.3) is 0 Å². The number of nitriles is 1. The first-order valence-electron chi connectivity index (χ1n) is 5.80. The fourth-order valence-corrected chi connectivity index (χ4v) is 3.40. The van der Waals surface area contributed by atoms with E-state index in [2.05, 4.69) is 11.2 Å². The minimum Gasteiger partial charge on any atom is -0.294 e. The van der Waals surface area contributed by atoms with Gasteiger partial charge in [-0.05, 0) is 25.8 Å². The maximum atomic E-state index is 11.5. The molecular weight excluding hydrogens is 246 g/mol. The quantitative estimate of drug-likeness (QED) is 0.738. The highest BCUT2D eigenvalue weighted by molar-refractivity contribution is 7.14. The molecule has 0 amide bonds. The molecule has 3 heterocycles. The number of hydrogen-bond acceptors (Lipinski definition) is 4. The summed E-state index contributed by atoms with van der Waals surface area (Å²) in [5, 5.41) is 13.4. The summed E-state index contributed by atoms with van der Waals surface area (Å²) in [6.07, 6.45) is 3.54. The molecule has 5 heteroatoms. The van der Waals surface area contributed by atoms with Crippen molar-refractivity contribution >= 4 is 17.1 Å². The van der Waals surface area contributed by atoms with Crippen molar-refractivity contribution in [3.05, 3.63) is 27.6 Å². The van der Waals surface area contributed by atoms with E-state index in [0.29, 0.717) is 5.56 Å². The van der Waals surface area contributed by atoms with Crippen LogP contribution in [-0.4, -0.2) is 15.6 Å². The molecule has 0 aliphatic carbocycles. The topological polar surface area (TPSA) is 58.7 Å². The molecule has 0 saturated heterocycles. The molecule has 1 aliphatic heterocycles. The number of aromatic nitrogens is 2. The lowest BCUT2D eigenvalue weighted by Gasteiger charge is -2.02. The molecule has 90 valence electrons. The molecule has 0 saturated carbocycles. The second-order valence-corrected chi connectivity index (χ2v) is 5.49. The van der Waals surface area contributed by atoms with E-state index in [-0.39, 0.29) is 5.78 Å². The Kier molecular flexibility index (Phi) is 2.53. The molecular formula is C13H11N3OS. The molecule has 4 nitrogen and oxygen atoms in total. The molecule has 18 heavy (non-hydrogen) atoms. The lowest BCUT2D eigenvalue weighted by molar-refractivity contribution is 0.102. The maximum Gasteiger partial charge on any atom is 0.169 e. The number of hydrogen-bond donors (Lipinski definition) is 0. The van der Waals surface area contributed by atoms with Crippen LogP contribution < -0.4 is 0 Å². The second kappa shape index (κ2) is 4.07. The smallest absolute Gasteiger partial charge is 0.169 e.